The van der Waals surface area contributed by atoms with Gasteiger partial charge in [0.25, 0.3) is 0 Å². The minimum Gasteiger partial charge on any atom is -0.365 e. The first kappa shape index (κ1) is 15.4. The minimum atomic E-state index is 0.601. The molecular formula is C18H30N2. The molecule has 112 valence electrons. The third kappa shape index (κ3) is 3.35. The van der Waals surface area contributed by atoms with E-state index >= 15 is 0 Å². The van der Waals surface area contributed by atoms with Crippen LogP contribution in [0.25, 0.3) is 0 Å². The summed E-state index contributed by atoms with van der Waals surface area (Å²) in [5, 5.41) is 3.74. The number of benzene rings is 1. The fraction of sp³-hybridized carbons (Fsp3) is 0.667. The zero-order valence-electron chi connectivity index (χ0n) is 13.7. The predicted octanol–water partition coefficient (Wildman–Crippen LogP) is 3.91. The van der Waals surface area contributed by atoms with Gasteiger partial charge < -0.3 is 10.2 Å². The van der Waals surface area contributed by atoms with Crippen LogP contribution in [0.5, 0.6) is 0 Å². The number of piperazine rings is 1. The minimum absolute atomic E-state index is 0.601. The maximum absolute atomic E-state index is 3.74. The van der Waals surface area contributed by atoms with Gasteiger partial charge in [0.15, 0.2) is 0 Å². The molecule has 1 aliphatic rings. The summed E-state index contributed by atoms with van der Waals surface area (Å²) in [7, 11) is 0. The van der Waals surface area contributed by atoms with Crippen LogP contribution in [-0.2, 0) is 0 Å². The zero-order chi connectivity index (χ0) is 14.7. The standard InChI is InChI=1S/C18H30N2/c1-6-7-16-12-20(18(11-19-16)13(2)3)17-10-14(4)8-9-15(17)5/h8-10,13,16,18-19H,6-7,11-12H2,1-5H3. The molecule has 0 aromatic heterocycles. The quantitative estimate of drug-likeness (QED) is 0.895. The van der Waals surface area contributed by atoms with Crippen molar-refractivity contribution >= 4 is 5.69 Å². The van der Waals surface area contributed by atoms with Crippen LogP contribution in [0.1, 0.15) is 44.7 Å². The second-order valence-electron chi connectivity index (χ2n) is 6.65. The Bertz CT molecular complexity index is 439. The molecule has 2 nitrogen and oxygen atoms in total. The molecule has 1 fully saturated rings. The van der Waals surface area contributed by atoms with E-state index in [0.29, 0.717) is 18.0 Å². The summed E-state index contributed by atoms with van der Waals surface area (Å²) in [4.78, 5) is 2.66. The second-order valence-corrected chi connectivity index (χ2v) is 6.65. The Labute approximate surface area is 124 Å². The number of rotatable bonds is 4. The monoisotopic (exact) mass is 274 g/mol. The molecule has 1 aromatic carbocycles. The van der Waals surface area contributed by atoms with Crippen LogP contribution < -0.4 is 10.2 Å². The molecule has 1 N–H and O–H groups in total. The van der Waals surface area contributed by atoms with Crippen molar-refractivity contribution in [3.8, 4) is 0 Å². The maximum atomic E-state index is 3.74. The van der Waals surface area contributed by atoms with Crippen LogP contribution in [0, 0.1) is 19.8 Å². The van der Waals surface area contributed by atoms with Gasteiger partial charge in [0.1, 0.15) is 0 Å². The van der Waals surface area contributed by atoms with Crippen LogP contribution >= 0.6 is 0 Å². The molecule has 20 heavy (non-hydrogen) atoms. The Hall–Kier alpha value is -1.02. The van der Waals surface area contributed by atoms with E-state index in [-0.39, 0.29) is 0 Å². The lowest BCUT2D eigenvalue weighted by atomic mass is 9.95. The second kappa shape index (κ2) is 6.62. The molecular weight excluding hydrogens is 244 g/mol. The largest absolute Gasteiger partial charge is 0.365 e. The Balaban J connectivity index is 2.28. The van der Waals surface area contributed by atoms with E-state index < -0.39 is 0 Å². The number of aryl methyl sites for hydroxylation is 2. The molecule has 0 radical (unpaired) electrons. The number of hydrogen-bond donors (Lipinski definition) is 1. The van der Waals surface area contributed by atoms with Gasteiger partial charge in [-0.15, -0.1) is 0 Å². The van der Waals surface area contributed by atoms with Gasteiger partial charge in [-0.2, -0.15) is 0 Å². The molecule has 1 saturated heterocycles. The smallest absolute Gasteiger partial charge is 0.0438 e. The molecule has 0 amide bonds. The first-order valence-electron chi connectivity index (χ1n) is 8.10. The van der Waals surface area contributed by atoms with E-state index in [9.17, 15) is 0 Å². The summed E-state index contributed by atoms with van der Waals surface area (Å²) in [6, 6.07) is 8.07. The summed E-state index contributed by atoms with van der Waals surface area (Å²) in [5.41, 5.74) is 4.20. The fourth-order valence-electron chi connectivity index (χ4n) is 3.28. The van der Waals surface area contributed by atoms with Crippen molar-refractivity contribution < 1.29 is 0 Å². The lowest BCUT2D eigenvalue weighted by molar-refractivity contribution is 0.327. The molecule has 1 aromatic rings. The van der Waals surface area contributed by atoms with Crippen LogP contribution in [0.3, 0.4) is 0 Å². The van der Waals surface area contributed by atoms with Crippen molar-refractivity contribution in [1.82, 2.24) is 5.32 Å². The summed E-state index contributed by atoms with van der Waals surface area (Å²) in [6.07, 6.45) is 2.52. The van der Waals surface area contributed by atoms with E-state index in [1.54, 1.807) is 0 Å². The van der Waals surface area contributed by atoms with Crippen molar-refractivity contribution in [3.05, 3.63) is 29.3 Å². The summed E-state index contributed by atoms with van der Waals surface area (Å²) in [6.45, 7) is 13.6. The Kier molecular flexibility index (Phi) is 5.09. The van der Waals surface area contributed by atoms with Crippen LogP contribution in [-0.4, -0.2) is 25.2 Å². The van der Waals surface area contributed by atoms with Crippen molar-refractivity contribution in [2.24, 2.45) is 5.92 Å². The molecule has 2 unspecified atom stereocenters. The molecule has 0 saturated carbocycles. The maximum Gasteiger partial charge on any atom is 0.0438 e. The topological polar surface area (TPSA) is 15.3 Å². The number of hydrogen-bond acceptors (Lipinski definition) is 2. The van der Waals surface area contributed by atoms with Gasteiger partial charge in [0, 0.05) is 30.9 Å². The normalized spacial score (nSPS) is 23.4. The van der Waals surface area contributed by atoms with Gasteiger partial charge in [-0.25, -0.2) is 0 Å². The molecule has 2 heteroatoms. The first-order valence-corrected chi connectivity index (χ1v) is 8.10. The summed E-state index contributed by atoms with van der Waals surface area (Å²) >= 11 is 0. The Morgan fingerprint density at radius 3 is 2.70 bits per heavy atom. The third-order valence-corrected chi connectivity index (χ3v) is 4.51. The van der Waals surface area contributed by atoms with Gasteiger partial charge in [-0.1, -0.05) is 39.3 Å². The SMILES string of the molecule is CCCC1CN(c2cc(C)ccc2C)C(C(C)C)CN1. The van der Waals surface area contributed by atoms with Gasteiger partial charge >= 0.3 is 0 Å². The number of anilines is 1. The first-order chi connectivity index (χ1) is 9.52. The highest BCUT2D eigenvalue weighted by Crippen LogP contribution is 2.28. The van der Waals surface area contributed by atoms with Crippen molar-refractivity contribution in [2.45, 2.75) is 59.5 Å². The molecule has 0 spiro atoms. The average Bonchev–Trinajstić information content (AvgIpc) is 2.41. The lowest BCUT2D eigenvalue weighted by Crippen LogP contribution is -2.58. The highest BCUT2D eigenvalue weighted by Gasteiger charge is 2.30. The Morgan fingerprint density at radius 2 is 2.05 bits per heavy atom. The number of nitrogens with one attached hydrogen (secondary N) is 1. The van der Waals surface area contributed by atoms with E-state index in [1.807, 2.05) is 0 Å². The third-order valence-electron chi connectivity index (χ3n) is 4.51. The molecule has 1 heterocycles. The number of nitrogens with zero attached hydrogens (tertiary/aromatic N) is 1. The summed E-state index contributed by atoms with van der Waals surface area (Å²) in [5.74, 6) is 0.671. The highest BCUT2D eigenvalue weighted by molar-refractivity contribution is 5.56. The van der Waals surface area contributed by atoms with Crippen LogP contribution in [0.15, 0.2) is 18.2 Å². The van der Waals surface area contributed by atoms with Gasteiger partial charge in [0.2, 0.25) is 0 Å². The Morgan fingerprint density at radius 1 is 1.30 bits per heavy atom. The predicted molar refractivity (Wildman–Crippen MR) is 88.6 cm³/mol. The van der Waals surface area contributed by atoms with E-state index in [1.165, 1.54) is 29.7 Å². The van der Waals surface area contributed by atoms with Crippen LogP contribution in [0.2, 0.25) is 0 Å². The molecule has 1 aliphatic heterocycles. The van der Waals surface area contributed by atoms with Gasteiger partial charge in [0.05, 0.1) is 0 Å². The zero-order valence-corrected chi connectivity index (χ0v) is 13.7. The molecule has 2 atom stereocenters. The van der Waals surface area contributed by atoms with Crippen LogP contribution in [0.4, 0.5) is 5.69 Å². The highest BCUT2D eigenvalue weighted by atomic mass is 15.2. The van der Waals surface area contributed by atoms with E-state index in [2.05, 4.69) is 63.0 Å². The average molecular weight is 274 g/mol. The van der Waals surface area contributed by atoms with E-state index in [4.69, 9.17) is 0 Å². The summed E-state index contributed by atoms with van der Waals surface area (Å²) < 4.78 is 0. The molecule has 0 aliphatic carbocycles. The van der Waals surface area contributed by atoms with E-state index in [0.717, 1.165) is 13.1 Å². The van der Waals surface area contributed by atoms with Crippen molar-refractivity contribution in [1.29, 1.82) is 0 Å². The van der Waals surface area contributed by atoms with Crippen molar-refractivity contribution in [3.63, 3.8) is 0 Å². The van der Waals surface area contributed by atoms with Crippen molar-refractivity contribution in [2.75, 3.05) is 18.0 Å². The molecule has 2 rings (SSSR count). The fourth-order valence-corrected chi connectivity index (χ4v) is 3.28. The molecule has 0 bridgehead atoms. The lowest BCUT2D eigenvalue weighted by Gasteiger charge is -2.44. The van der Waals surface area contributed by atoms with Gasteiger partial charge in [-0.05, 0) is 43.4 Å². The van der Waals surface area contributed by atoms with Gasteiger partial charge in [-0.3, -0.25) is 0 Å².